The van der Waals surface area contributed by atoms with Crippen LogP contribution in [0.3, 0.4) is 0 Å². The lowest BCUT2D eigenvalue weighted by atomic mass is 10.0. The van der Waals surface area contributed by atoms with Crippen LogP contribution in [0.15, 0.2) is 51.5 Å². The van der Waals surface area contributed by atoms with Crippen molar-refractivity contribution in [3.63, 3.8) is 0 Å². The topological polar surface area (TPSA) is 52.0 Å². The number of hydrogen-bond donors (Lipinski definition) is 1. The first-order chi connectivity index (χ1) is 10.1. The number of halogens is 3. The van der Waals surface area contributed by atoms with Gasteiger partial charge in [-0.15, -0.1) is 0 Å². The summed E-state index contributed by atoms with van der Waals surface area (Å²) in [5, 5.41) is 4.44. The van der Waals surface area contributed by atoms with Crippen LogP contribution in [0.1, 0.15) is 0 Å². The van der Waals surface area contributed by atoms with Crippen LogP contribution >= 0.6 is 27.5 Å². The quantitative estimate of drug-likeness (QED) is 0.682. The summed E-state index contributed by atoms with van der Waals surface area (Å²) in [5.41, 5.74) is 7.74. The van der Waals surface area contributed by atoms with Crippen molar-refractivity contribution in [3.05, 3.63) is 57.8 Å². The van der Waals surface area contributed by atoms with E-state index in [9.17, 15) is 4.39 Å². The molecule has 0 bridgehead atoms. The van der Waals surface area contributed by atoms with Crippen molar-refractivity contribution in [3.8, 4) is 22.4 Å². The zero-order valence-corrected chi connectivity index (χ0v) is 13.0. The lowest BCUT2D eigenvalue weighted by Crippen LogP contribution is -1.90. The molecule has 0 fully saturated rings. The van der Waals surface area contributed by atoms with E-state index < -0.39 is 5.82 Å². The number of benzene rings is 2. The fourth-order valence-electron chi connectivity index (χ4n) is 2.09. The van der Waals surface area contributed by atoms with E-state index in [-0.39, 0.29) is 5.88 Å². The molecular formula is C15H9BrClFN2O. The first-order valence-electron chi connectivity index (χ1n) is 6.03. The molecule has 3 aromatic rings. The minimum Gasteiger partial charge on any atom is -0.367 e. The summed E-state index contributed by atoms with van der Waals surface area (Å²) < 4.78 is 19.8. The molecule has 3 nitrogen and oxygen atoms in total. The van der Waals surface area contributed by atoms with E-state index in [0.29, 0.717) is 26.3 Å². The maximum Gasteiger partial charge on any atom is 0.230 e. The number of nitrogens with two attached hydrogens (primary N) is 1. The van der Waals surface area contributed by atoms with Crippen LogP contribution in [-0.4, -0.2) is 5.16 Å². The molecule has 1 heterocycles. The summed E-state index contributed by atoms with van der Waals surface area (Å²) in [4.78, 5) is 0. The second-order valence-corrected chi connectivity index (χ2v) is 5.76. The smallest absolute Gasteiger partial charge is 0.230 e. The summed E-state index contributed by atoms with van der Waals surface area (Å²) in [5.74, 6) is -0.296. The van der Waals surface area contributed by atoms with Gasteiger partial charge in [-0.05, 0) is 35.9 Å². The molecule has 3 rings (SSSR count). The lowest BCUT2D eigenvalue weighted by molar-refractivity contribution is 0.439. The highest BCUT2D eigenvalue weighted by atomic mass is 79.9. The third-order valence-electron chi connectivity index (χ3n) is 3.02. The maximum atomic E-state index is 14.1. The molecule has 21 heavy (non-hydrogen) atoms. The Balaban J connectivity index is 2.22. The van der Waals surface area contributed by atoms with Crippen LogP contribution in [0.5, 0.6) is 0 Å². The van der Waals surface area contributed by atoms with E-state index in [1.807, 2.05) is 6.07 Å². The van der Waals surface area contributed by atoms with Crippen molar-refractivity contribution in [1.82, 2.24) is 5.16 Å². The van der Waals surface area contributed by atoms with Crippen molar-refractivity contribution in [1.29, 1.82) is 0 Å². The normalized spacial score (nSPS) is 10.8. The van der Waals surface area contributed by atoms with Gasteiger partial charge in [0.05, 0.1) is 5.56 Å². The van der Waals surface area contributed by atoms with E-state index in [4.69, 9.17) is 21.9 Å². The highest BCUT2D eigenvalue weighted by Crippen LogP contribution is 2.38. The van der Waals surface area contributed by atoms with Gasteiger partial charge in [-0.1, -0.05) is 44.8 Å². The number of nitrogen functional groups attached to an aromatic ring is 1. The molecule has 0 atom stereocenters. The van der Waals surface area contributed by atoms with E-state index in [1.54, 1.807) is 30.3 Å². The Hall–Kier alpha value is -1.85. The SMILES string of the molecule is Nc1onc(-c2ccc(Br)cc2F)c1-c1cccc(Cl)c1. The summed E-state index contributed by atoms with van der Waals surface area (Å²) in [7, 11) is 0. The molecule has 0 aliphatic heterocycles. The van der Waals surface area contributed by atoms with Gasteiger partial charge in [0.2, 0.25) is 5.88 Å². The number of nitrogens with zero attached hydrogens (tertiary/aromatic N) is 1. The third-order valence-corrected chi connectivity index (χ3v) is 3.75. The van der Waals surface area contributed by atoms with E-state index in [0.717, 1.165) is 5.56 Å². The lowest BCUT2D eigenvalue weighted by Gasteiger charge is -2.05. The Labute approximate surface area is 133 Å². The number of rotatable bonds is 2. The van der Waals surface area contributed by atoms with E-state index in [1.165, 1.54) is 6.07 Å². The van der Waals surface area contributed by atoms with Crippen molar-refractivity contribution >= 4 is 33.4 Å². The number of aromatic nitrogens is 1. The first-order valence-corrected chi connectivity index (χ1v) is 7.20. The van der Waals surface area contributed by atoms with E-state index in [2.05, 4.69) is 21.1 Å². The van der Waals surface area contributed by atoms with Gasteiger partial charge < -0.3 is 10.3 Å². The van der Waals surface area contributed by atoms with Gasteiger partial charge in [0.25, 0.3) is 0 Å². The fourth-order valence-corrected chi connectivity index (χ4v) is 2.61. The average Bonchev–Trinajstić information content (AvgIpc) is 2.80. The molecular weight excluding hydrogens is 359 g/mol. The van der Waals surface area contributed by atoms with Crippen molar-refractivity contribution in [2.45, 2.75) is 0 Å². The second-order valence-electron chi connectivity index (χ2n) is 4.40. The molecule has 1 aromatic heterocycles. The van der Waals surface area contributed by atoms with Gasteiger partial charge in [-0.25, -0.2) is 4.39 Å². The molecule has 0 aliphatic rings. The van der Waals surface area contributed by atoms with Gasteiger partial charge in [0.15, 0.2) is 0 Å². The van der Waals surface area contributed by atoms with Gasteiger partial charge in [0, 0.05) is 15.1 Å². The number of hydrogen-bond acceptors (Lipinski definition) is 3. The second kappa shape index (κ2) is 5.50. The van der Waals surface area contributed by atoms with Crippen LogP contribution < -0.4 is 5.73 Å². The molecule has 106 valence electrons. The molecule has 0 aliphatic carbocycles. The van der Waals surface area contributed by atoms with Crippen LogP contribution in [0.25, 0.3) is 22.4 Å². The van der Waals surface area contributed by atoms with Gasteiger partial charge in [-0.3, -0.25) is 0 Å². The van der Waals surface area contributed by atoms with Crippen molar-refractivity contribution in [2.75, 3.05) is 5.73 Å². The van der Waals surface area contributed by atoms with Crippen LogP contribution in [-0.2, 0) is 0 Å². The minimum absolute atomic E-state index is 0.120. The molecule has 0 saturated carbocycles. The van der Waals surface area contributed by atoms with Gasteiger partial charge in [0.1, 0.15) is 11.5 Å². The molecule has 0 unspecified atom stereocenters. The summed E-state index contributed by atoms with van der Waals surface area (Å²) in [6.07, 6.45) is 0. The van der Waals surface area contributed by atoms with Gasteiger partial charge >= 0.3 is 0 Å². The molecule has 2 N–H and O–H groups in total. The van der Waals surface area contributed by atoms with E-state index >= 15 is 0 Å². The summed E-state index contributed by atoms with van der Waals surface area (Å²) >= 11 is 9.21. The molecule has 0 radical (unpaired) electrons. The maximum absolute atomic E-state index is 14.1. The number of anilines is 1. The Bertz CT molecular complexity index is 819. The monoisotopic (exact) mass is 366 g/mol. The molecule has 6 heteroatoms. The zero-order chi connectivity index (χ0) is 15.0. The predicted octanol–water partition coefficient (Wildman–Crippen LogP) is 5.15. The summed E-state index contributed by atoms with van der Waals surface area (Å²) in [6, 6.07) is 11.8. The van der Waals surface area contributed by atoms with Crippen LogP contribution in [0, 0.1) is 5.82 Å². The molecule has 2 aromatic carbocycles. The fraction of sp³-hybridized carbons (Fsp3) is 0. The minimum atomic E-state index is -0.416. The Morgan fingerprint density at radius 1 is 1.19 bits per heavy atom. The highest BCUT2D eigenvalue weighted by Gasteiger charge is 2.20. The van der Waals surface area contributed by atoms with Crippen LogP contribution in [0.2, 0.25) is 5.02 Å². The molecule has 0 amide bonds. The van der Waals surface area contributed by atoms with Crippen molar-refractivity contribution in [2.24, 2.45) is 0 Å². The van der Waals surface area contributed by atoms with Crippen LogP contribution in [0.4, 0.5) is 10.3 Å². The van der Waals surface area contributed by atoms with Crippen molar-refractivity contribution < 1.29 is 8.91 Å². The summed E-state index contributed by atoms with van der Waals surface area (Å²) in [6.45, 7) is 0. The molecule has 0 saturated heterocycles. The first kappa shape index (κ1) is 14.1. The molecule has 0 spiro atoms. The predicted molar refractivity (Wildman–Crippen MR) is 84.5 cm³/mol. The standard InChI is InChI=1S/C15H9BrClFN2O/c16-9-4-5-11(12(18)7-9)14-13(15(19)21-20-14)8-2-1-3-10(17)6-8/h1-7H,19H2. The zero-order valence-electron chi connectivity index (χ0n) is 10.6. The van der Waals surface area contributed by atoms with Gasteiger partial charge in [-0.2, -0.15) is 0 Å². The Morgan fingerprint density at radius 3 is 2.71 bits per heavy atom. The average molecular weight is 368 g/mol. The highest BCUT2D eigenvalue weighted by molar-refractivity contribution is 9.10. The Morgan fingerprint density at radius 2 is 2.00 bits per heavy atom. The largest absolute Gasteiger partial charge is 0.367 e. The third kappa shape index (κ3) is 2.66. The Kier molecular flexibility index (Phi) is 3.69.